The fourth-order valence-corrected chi connectivity index (χ4v) is 2.18. The molecule has 17 heavy (non-hydrogen) atoms. The molecule has 0 saturated heterocycles. The minimum absolute atomic E-state index is 0.467. The zero-order valence-electron chi connectivity index (χ0n) is 11.3. The Hall–Kier alpha value is -1.42. The molecular formula is C16H22O. The minimum atomic E-state index is 0.467. The average molecular weight is 230 g/mol. The van der Waals surface area contributed by atoms with Gasteiger partial charge in [0, 0.05) is 6.42 Å². The van der Waals surface area contributed by atoms with E-state index >= 15 is 0 Å². The van der Waals surface area contributed by atoms with Gasteiger partial charge in [-0.2, -0.15) is 0 Å². The quantitative estimate of drug-likeness (QED) is 0.688. The second-order valence-electron chi connectivity index (χ2n) is 4.42. The van der Waals surface area contributed by atoms with Crippen LogP contribution in [0.4, 0.5) is 0 Å². The van der Waals surface area contributed by atoms with E-state index < -0.39 is 0 Å². The number of hydrogen-bond donors (Lipinski definition) is 0. The lowest BCUT2D eigenvalue weighted by atomic mass is 9.89. The van der Waals surface area contributed by atoms with Gasteiger partial charge in [0.2, 0.25) is 0 Å². The highest BCUT2D eigenvalue weighted by molar-refractivity contribution is 5.43. The van der Waals surface area contributed by atoms with Crippen LogP contribution in [0, 0.1) is 26.2 Å². The number of benzene rings is 1. The Labute approximate surface area is 105 Å². The van der Waals surface area contributed by atoms with E-state index in [1.165, 1.54) is 16.7 Å². The Morgan fingerprint density at radius 2 is 1.94 bits per heavy atom. The predicted octanol–water partition coefficient (Wildman–Crippen LogP) is 4.22. The largest absolute Gasteiger partial charge is 0.494 e. The first kappa shape index (κ1) is 13.6. The first-order chi connectivity index (χ1) is 8.13. The van der Waals surface area contributed by atoms with Crippen molar-refractivity contribution in [1.29, 1.82) is 0 Å². The highest BCUT2D eigenvalue weighted by Crippen LogP contribution is 2.31. The smallest absolute Gasteiger partial charge is 0.122 e. The van der Waals surface area contributed by atoms with Crippen LogP contribution < -0.4 is 4.74 Å². The van der Waals surface area contributed by atoms with Crippen molar-refractivity contribution >= 4 is 0 Å². The van der Waals surface area contributed by atoms with Crippen molar-refractivity contribution < 1.29 is 4.74 Å². The van der Waals surface area contributed by atoms with E-state index in [4.69, 9.17) is 11.2 Å². The van der Waals surface area contributed by atoms with Crippen molar-refractivity contribution in [3.05, 3.63) is 28.8 Å². The molecule has 0 saturated carbocycles. The second kappa shape index (κ2) is 6.35. The molecule has 0 aliphatic carbocycles. The number of terminal acetylenes is 1. The molecule has 0 spiro atoms. The monoisotopic (exact) mass is 230 g/mol. The molecule has 1 aromatic rings. The lowest BCUT2D eigenvalue weighted by Gasteiger charge is -2.18. The molecule has 1 nitrogen and oxygen atoms in total. The second-order valence-corrected chi connectivity index (χ2v) is 4.42. The molecular weight excluding hydrogens is 208 g/mol. The minimum Gasteiger partial charge on any atom is -0.494 e. The van der Waals surface area contributed by atoms with Crippen molar-refractivity contribution in [2.45, 2.75) is 46.5 Å². The molecule has 0 N–H and O–H groups in total. The van der Waals surface area contributed by atoms with Gasteiger partial charge in [0.15, 0.2) is 0 Å². The summed E-state index contributed by atoms with van der Waals surface area (Å²) in [6.07, 6.45) is 7.33. The number of ether oxygens (including phenoxy) is 1. The van der Waals surface area contributed by atoms with Crippen LogP contribution in [0.1, 0.15) is 49.3 Å². The number of aryl methyl sites for hydroxylation is 2. The third-order valence-electron chi connectivity index (χ3n) is 3.16. The maximum absolute atomic E-state index is 5.61. The summed E-state index contributed by atoms with van der Waals surface area (Å²) in [6, 6.07) is 4.36. The van der Waals surface area contributed by atoms with Gasteiger partial charge in [-0.05, 0) is 55.9 Å². The molecule has 0 aliphatic rings. The molecule has 0 heterocycles. The van der Waals surface area contributed by atoms with Crippen molar-refractivity contribution in [3.63, 3.8) is 0 Å². The Balaban J connectivity index is 3.10. The summed E-state index contributed by atoms with van der Waals surface area (Å²) < 4.78 is 5.61. The topological polar surface area (TPSA) is 9.23 Å². The summed E-state index contributed by atoms with van der Waals surface area (Å²) in [4.78, 5) is 0. The molecule has 0 radical (unpaired) electrons. The van der Waals surface area contributed by atoms with Crippen molar-refractivity contribution in [1.82, 2.24) is 0 Å². The fraction of sp³-hybridized carbons (Fsp3) is 0.500. The van der Waals surface area contributed by atoms with Crippen LogP contribution in [0.25, 0.3) is 0 Å². The van der Waals surface area contributed by atoms with E-state index in [-0.39, 0.29) is 0 Å². The molecule has 0 fully saturated rings. The van der Waals surface area contributed by atoms with Crippen LogP contribution in [0.5, 0.6) is 5.75 Å². The molecule has 0 bridgehead atoms. The SMILES string of the molecule is C#CCC(CC)c1cc(C)c(OCC)cc1C. The van der Waals surface area contributed by atoms with Gasteiger partial charge in [0.1, 0.15) is 5.75 Å². The van der Waals surface area contributed by atoms with Gasteiger partial charge in [0.05, 0.1) is 6.61 Å². The average Bonchev–Trinajstić information content (AvgIpc) is 2.31. The lowest BCUT2D eigenvalue weighted by molar-refractivity contribution is 0.337. The Morgan fingerprint density at radius 1 is 1.24 bits per heavy atom. The van der Waals surface area contributed by atoms with Crippen molar-refractivity contribution in [3.8, 4) is 18.1 Å². The summed E-state index contributed by atoms with van der Waals surface area (Å²) in [7, 11) is 0. The Bertz CT molecular complexity index is 412. The first-order valence-corrected chi connectivity index (χ1v) is 6.31. The van der Waals surface area contributed by atoms with Crippen LogP contribution in [-0.2, 0) is 0 Å². The zero-order valence-corrected chi connectivity index (χ0v) is 11.3. The van der Waals surface area contributed by atoms with Crippen LogP contribution in [-0.4, -0.2) is 6.61 Å². The molecule has 0 amide bonds. The van der Waals surface area contributed by atoms with E-state index in [2.05, 4.69) is 38.8 Å². The fourth-order valence-electron chi connectivity index (χ4n) is 2.18. The van der Waals surface area contributed by atoms with Gasteiger partial charge in [-0.15, -0.1) is 12.3 Å². The molecule has 0 aliphatic heterocycles. The molecule has 92 valence electrons. The summed E-state index contributed by atoms with van der Waals surface area (Å²) in [5.41, 5.74) is 3.84. The number of hydrogen-bond acceptors (Lipinski definition) is 1. The van der Waals surface area contributed by atoms with Crippen LogP contribution >= 0.6 is 0 Å². The van der Waals surface area contributed by atoms with Crippen LogP contribution in [0.15, 0.2) is 12.1 Å². The van der Waals surface area contributed by atoms with Gasteiger partial charge in [0.25, 0.3) is 0 Å². The maximum Gasteiger partial charge on any atom is 0.122 e. The van der Waals surface area contributed by atoms with E-state index in [9.17, 15) is 0 Å². The molecule has 0 aromatic heterocycles. The van der Waals surface area contributed by atoms with E-state index in [1.54, 1.807) is 0 Å². The Kier molecular flexibility index (Phi) is 5.10. The standard InChI is InChI=1S/C16H22O/c1-6-9-14(7-2)15-10-13(5)16(17-8-3)11-12(15)4/h1,10-11,14H,7-9H2,2-5H3. The number of rotatable bonds is 5. The zero-order chi connectivity index (χ0) is 12.8. The summed E-state index contributed by atoms with van der Waals surface area (Å²) in [6.45, 7) is 9.14. The lowest BCUT2D eigenvalue weighted by Crippen LogP contribution is -2.02. The van der Waals surface area contributed by atoms with Crippen LogP contribution in [0.2, 0.25) is 0 Å². The third-order valence-corrected chi connectivity index (χ3v) is 3.16. The maximum atomic E-state index is 5.61. The molecule has 1 atom stereocenters. The van der Waals surface area contributed by atoms with Crippen molar-refractivity contribution in [2.24, 2.45) is 0 Å². The normalized spacial score (nSPS) is 11.9. The summed E-state index contributed by atoms with van der Waals surface area (Å²) >= 11 is 0. The van der Waals surface area contributed by atoms with Crippen molar-refractivity contribution in [2.75, 3.05) is 6.61 Å². The van der Waals surface area contributed by atoms with Gasteiger partial charge in [-0.25, -0.2) is 0 Å². The van der Waals surface area contributed by atoms with E-state index in [0.29, 0.717) is 12.5 Å². The highest BCUT2D eigenvalue weighted by Gasteiger charge is 2.13. The highest BCUT2D eigenvalue weighted by atomic mass is 16.5. The summed E-state index contributed by atoms with van der Waals surface area (Å²) in [5, 5.41) is 0. The molecule has 1 heteroatoms. The summed E-state index contributed by atoms with van der Waals surface area (Å²) in [5.74, 6) is 4.23. The van der Waals surface area contributed by atoms with E-state index in [1.807, 2.05) is 6.92 Å². The van der Waals surface area contributed by atoms with E-state index in [0.717, 1.165) is 18.6 Å². The van der Waals surface area contributed by atoms with Crippen LogP contribution in [0.3, 0.4) is 0 Å². The van der Waals surface area contributed by atoms with Gasteiger partial charge in [-0.3, -0.25) is 0 Å². The van der Waals surface area contributed by atoms with Gasteiger partial charge < -0.3 is 4.74 Å². The predicted molar refractivity (Wildman–Crippen MR) is 73.6 cm³/mol. The molecule has 1 rings (SSSR count). The Morgan fingerprint density at radius 3 is 2.47 bits per heavy atom. The first-order valence-electron chi connectivity index (χ1n) is 6.31. The third kappa shape index (κ3) is 3.27. The molecule has 1 unspecified atom stereocenters. The molecule has 1 aromatic carbocycles. The van der Waals surface area contributed by atoms with Gasteiger partial charge >= 0.3 is 0 Å². The van der Waals surface area contributed by atoms with Gasteiger partial charge in [-0.1, -0.05) is 13.0 Å².